The second kappa shape index (κ2) is 3.84. The average molecular weight is 242 g/mol. The number of aromatic nitrogens is 2. The fourth-order valence-electron chi connectivity index (χ4n) is 2.07. The molecule has 3 aromatic rings. The summed E-state index contributed by atoms with van der Waals surface area (Å²) in [6.07, 6.45) is 0. The summed E-state index contributed by atoms with van der Waals surface area (Å²) < 4.78 is 15.7. The van der Waals surface area contributed by atoms with Gasteiger partial charge in [-0.2, -0.15) is 0 Å². The summed E-state index contributed by atoms with van der Waals surface area (Å²) in [5.74, 6) is -0.0166. The molecule has 0 radical (unpaired) electrons. The highest BCUT2D eigenvalue weighted by molar-refractivity contribution is 5.80. The second-order valence-electron chi connectivity index (χ2n) is 4.15. The molecule has 0 unspecified atom stereocenters. The van der Waals surface area contributed by atoms with Crippen LogP contribution in [0.2, 0.25) is 0 Å². The van der Waals surface area contributed by atoms with Crippen LogP contribution in [0.1, 0.15) is 0 Å². The van der Waals surface area contributed by atoms with E-state index in [0.717, 1.165) is 17.1 Å². The SMILES string of the molecule is Cn1c(-c2ccc(O)cc2F)nc2ccccc21. The molecule has 3 rings (SSSR count). The number of phenolic OH excluding ortho intramolecular Hbond substituents is 1. The van der Waals surface area contributed by atoms with Gasteiger partial charge in [-0.3, -0.25) is 0 Å². The standard InChI is InChI=1S/C14H11FN2O/c1-17-13-5-3-2-4-12(13)16-14(17)10-7-6-9(18)8-11(10)15/h2-8,18H,1H3. The number of benzene rings is 2. The van der Waals surface area contributed by atoms with Crippen molar-refractivity contribution in [3.05, 3.63) is 48.3 Å². The lowest BCUT2D eigenvalue weighted by Gasteiger charge is -2.04. The van der Waals surface area contributed by atoms with E-state index in [2.05, 4.69) is 4.98 Å². The molecule has 0 bridgehead atoms. The van der Waals surface area contributed by atoms with Crippen molar-refractivity contribution in [2.75, 3.05) is 0 Å². The van der Waals surface area contributed by atoms with E-state index in [9.17, 15) is 9.50 Å². The summed E-state index contributed by atoms with van der Waals surface area (Å²) in [4.78, 5) is 4.41. The molecule has 18 heavy (non-hydrogen) atoms. The van der Waals surface area contributed by atoms with Crippen LogP contribution in [0.25, 0.3) is 22.4 Å². The van der Waals surface area contributed by atoms with E-state index in [1.807, 2.05) is 35.9 Å². The Bertz CT molecular complexity index is 734. The van der Waals surface area contributed by atoms with Crippen LogP contribution < -0.4 is 0 Å². The van der Waals surface area contributed by atoms with Crippen LogP contribution in [0.15, 0.2) is 42.5 Å². The number of aromatic hydroxyl groups is 1. The zero-order valence-electron chi connectivity index (χ0n) is 9.76. The zero-order valence-corrected chi connectivity index (χ0v) is 9.76. The molecule has 2 aromatic carbocycles. The Hall–Kier alpha value is -2.36. The maximum Gasteiger partial charge on any atom is 0.143 e. The molecule has 0 fully saturated rings. The van der Waals surface area contributed by atoms with Crippen LogP contribution in [-0.2, 0) is 7.05 Å². The first-order chi connectivity index (χ1) is 8.66. The molecule has 0 aliphatic carbocycles. The van der Waals surface area contributed by atoms with Crippen LogP contribution in [0.4, 0.5) is 4.39 Å². The number of imidazole rings is 1. The molecule has 1 heterocycles. The highest BCUT2D eigenvalue weighted by Crippen LogP contribution is 2.27. The van der Waals surface area contributed by atoms with Crippen LogP contribution in [0, 0.1) is 5.82 Å². The Kier molecular flexibility index (Phi) is 2.30. The van der Waals surface area contributed by atoms with E-state index >= 15 is 0 Å². The average Bonchev–Trinajstić information content (AvgIpc) is 2.68. The van der Waals surface area contributed by atoms with Gasteiger partial charge < -0.3 is 9.67 Å². The molecule has 4 heteroatoms. The fraction of sp³-hybridized carbons (Fsp3) is 0.0714. The second-order valence-corrected chi connectivity index (χ2v) is 4.15. The van der Waals surface area contributed by atoms with Crippen molar-refractivity contribution in [2.45, 2.75) is 0 Å². The van der Waals surface area contributed by atoms with Crippen molar-refractivity contribution in [3.8, 4) is 17.1 Å². The van der Waals surface area contributed by atoms with Gasteiger partial charge in [0.15, 0.2) is 0 Å². The molecule has 0 saturated carbocycles. The molecule has 0 saturated heterocycles. The summed E-state index contributed by atoms with van der Waals surface area (Å²) in [6, 6.07) is 11.7. The molecule has 0 atom stereocenters. The number of halogens is 1. The third kappa shape index (κ3) is 1.54. The molecule has 90 valence electrons. The van der Waals surface area contributed by atoms with Crippen molar-refractivity contribution >= 4 is 11.0 Å². The van der Waals surface area contributed by atoms with Crippen molar-refractivity contribution in [3.63, 3.8) is 0 Å². The number of hydrogen-bond donors (Lipinski definition) is 1. The molecule has 1 aromatic heterocycles. The van der Waals surface area contributed by atoms with Gasteiger partial charge in [-0.1, -0.05) is 12.1 Å². The van der Waals surface area contributed by atoms with Gasteiger partial charge in [0.05, 0.1) is 16.6 Å². The van der Waals surface area contributed by atoms with Gasteiger partial charge in [-0.15, -0.1) is 0 Å². The molecule has 0 spiro atoms. The van der Waals surface area contributed by atoms with E-state index in [1.54, 1.807) is 0 Å². The minimum absolute atomic E-state index is 0.0879. The Balaban J connectivity index is 2.28. The van der Waals surface area contributed by atoms with Crippen molar-refractivity contribution < 1.29 is 9.50 Å². The van der Waals surface area contributed by atoms with Gasteiger partial charge in [-0.25, -0.2) is 9.37 Å². The third-order valence-corrected chi connectivity index (χ3v) is 2.98. The number of aryl methyl sites for hydroxylation is 1. The molecule has 0 amide bonds. The number of fused-ring (bicyclic) bond motifs is 1. The number of phenols is 1. The van der Waals surface area contributed by atoms with Gasteiger partial charge >= 0.3 is 0 Å². The summed E-state index contributed by atoms with van der Waals surface area (Å²) in [6.45, 7) is 0. The van der Waals surface area contributed by atoms with Gasteiger partial charge in [0.1, 0.15) is 17.4 Å². The quantitative estimate of drug-likeness (QED) is 0.712. The predicted molar refractivity (Wildman–Crippen MR) is 67.8 cm³/mol. The minimum atomic E-state index is -0.478. The van der Waals surface area contributed by atoms with Gasteiger partial charge in [-0.05, 0) is 24.3 Å². The van der Waals surface area contributed by atoms with E-state index < -0.39 is 5.82 Å². The van der Waals surface area contributed by atoms with Gasteiger partial charge in [0, 0.05) is 13.1 Å². The first-order valence-corrected chi connectivity index (χ1v) is 5.57. The monoisotopic (exact) mass is 242 g/mol. The Morgan fingerprint density at radius 1 is 1.17 bits per heavy atom. The smallest absolute Gasteiger partial charge is 0.143 e. The maximum absolute atomic E-state index is 13.8. The van der Waals surface area contributed by atoms with Crippen molar-refractivity contribution in [2.24, 2.45) is 7.05 Å². The number of nitrogens with zero attached hydrogens (tertiary/aromatic N) is 2. The van der Waals surface area contributed by atoms with Crippen LogP contribution in [0.5, 0.6) is 5.75 Å². The lowest BCUT2D eigenvalue weighted by atomic mass is 10.2. The molecule has 3 nitrogen and oxygen atoms in total. The molecule has 0 aliphatic heterocycles. The van der Waals surface area contributed by atoms with E-state index in [0.29, 0.717) is 11.4 Å². The lowest BCUT2D eigenvalue weighted by molar-refractivity contribution is 0.469. The maximum atomic E-state index is 13.8. The zero-order chi connectivity index (χ0) is 12.7. The minimum Gasteiger partial charge on any atom is -0.508 e. The molecular weight excluding hydrogens is 231 g/mol. The van der Waals surface area contributed by atoms with Crippen LogP contribution in [-0.4, -0.2) is 14.7 Å². The highest BCUT2D eigenvalue weighted by atomic mass is 19.1. The Morgan fingerprint density at radius 2 is 1.94 bits per heavy atom. The summed E-state index contributed by atoms with van der Waals surface area (Å²) in [5, 5.41) is 9.23. The van der Waals surface area contributed by atoms with E-state index in [-0.39, 0.29) is 5.75 Å². The van der Waals surface area contributed by atoms with Crippen LogP contribution >= 0.6 is 0 Å². The molecular formula is C14H11FN2O. The first kappa shape index (κ1) is 10.8. The van der Waals surface area contributed by atoms with Crippen molar-refractivity contribution in [1.29, 1.82) is 0 Å². The van der Waals surface area contributed by atoms with E-state index in [1.165, 1.54) is 12.1 Å². The summed E-state index contributed by atoms with van der Waals surface area (Å²) in [5.41, 5.74) is 2.15. The largest absolute Gasteiger partial charge is 0.508 e. The van der Waals surface area contributed by atoms with Crippen molar-refractivity contribution in [1.82, 2.24) is 9.55 Å². The summed E-state index contributed by atoms with van der Waals surface area (Å²) in [7, 11) is 1.84. The fourth-order valence-corrected chi connectivity index (χ4v) is 2.07. The Labute approximate surface area is 103 Å². The van der Waals surface area contributed by atoms with Crippen LogP contribution in [0.3, 0.4) is 0 Å². The molecule has 1 N–H and O–H groups in total. The normalized spacial score (nSPS) is 11.0. The number of hydrogen-bond acceptors (Lipinski definition) is 2. The van der Waals surface area contributed by atoms with E-state index in [4.69, 9.17) is 0 Å². The summed E-state index contributed by atoms with van der Waals surface area (Å²) >= 11 is 0. The predicted octanol–water partition coefficient (Wildman–Crippen LogP) is 3.09. The lowest BCUT2D eigenvalue weighted by Crippen LogP contribution is -1.94. The third-order valence-electron chi connectivity index (χ3n) is 2.98. The van der Waals surface area contributed by atoms with Gasteiger partial charge in [0.2, 0.25) is 0 Å². The number of rotatable bonds is 1. The highest BCUT2D eigenvalue weighted by Gasteiger charge is 2.13. The first-order valence-electron chi connectivity index (χ1n) is 5.57. The molecule has 0 aliphatic rings. The Morgan fingerprint density at radius 3 is 2.67 bits per heavy atom. The van der Waals surface area contributed by atoms with Gasteiger partial charge in [0.25, 0.3) is 0 Å². The topological polar surface area (TPSA) is 38.0 Å². The number of para-hydroxylation sites is 2.